The third kappa shape index (κ3) is 8.36. The molecule has 0 spiro atoms. The van der Waals surface area contributed by atoms with Crippen molar-refractivity contribution in [2.75, 3.05) is 25.6 Å². The molecule has 0 bridgehead atoms. The van der Waals surface area contributed by atoms with Gasteiger partial charge in [-0.3, -0.25) is 4.99 Å². The number of guanidine groups is 1. The predicted molar refractivity (Wildman–Crippen MR) is 103 cm³/mol. The maximum atomic E-state index is 11.4. The van der Waals surface area contributed by atoms with Gasteiger partial charge in [-0.15, -0.1) is 0 Å². The van der Waals surface area contributed by atoms with Crippen molar-refractivity contribution in [1.29, 1.82) is 0 Å². The molecule has 0 aliphatic heterocycles. The second kappa shape index (κ2) is 9.07. The van der Waals surface area contributed by atoms with Gasteiger partial charge < -0.3 is 10.6 Å². The highest BCUT2D eigenvalue weighted by Gasteiger charge is 2.25. The van der Waals surface area contributed by atoms with Crippen LogP contribution in [0.5, 0.6) is 0 Å². The van der Waals surface area contributed by atoms with Crippen LogP contribution in [0.25, 0.3) is 0 Å². The molecule has 2 N–H and O–H groups in total. The molecule has 0 atom stereocenters. The zero-order chi connectivity index (χ0) is 18.4. The Kier molecular flexibility index (Phi) is 8.03. The van der Waals surface area contributed by atoms with Crippen molar-refractivity contribution in [2.24, 2.45) is 22.2 Å². The van der Waals surface area contributed by atoms with E-state index in [0.717, 1.165) is 17.8 Å². The zero-order valence-electron chi connectivity index (χ0n) is 16.4. The van der Waals surface area contributed by atoms with Crippen molar-refractivity contribution in [3.63, 3.8) is 0 Å². The van der Waals surface area contributed by atoms with Crippen LogP contribution in [0.3, 0.4) is 0 Å². The smallest absolute Gasteiger partial charge is 0.191 e. The summed E-state index contributed by atoms with van der Waals surface area (Å²) in [5.41, 5.74) is -0.0873. The van der Waals surface area contributed by atoms with Crippen molar-refractivity contribution < 1.29 is 8.42 Å². The van der Waals surface area contributed by atoms with Gasteiger partial charge >= 0.3 is 0 Å². The first-order valence-corrected chi connectivity index (χ1v) is 11.2. The van der Waals surface area contributed by atoms with Crippen molar-refractivity contribution in [3.05, 3.63) is 0 Å². The number of nitrogens with zero attached hydrogens (tertiary/aromatic N) is 1. The molecule has 1 aliphatic carbocycles. The minimum atomic E-state index is -2.91. The van der Waals surface area contributed by atoms with Gasteiger partial charge in [-0.25, -0.2) is 8.42 Å². The lowest BCUT2D eigenvalue weighted by atomic mass is 9.80. The van der Waals surface area contributed by atoms with Crippen LogP contribution in [-0.2, 0) is 9.84 Å². The quantitative estimate of drug-likeness (QED) is 0.542. The molecule has 1 saturated carbocycles. The summed E-state index contributed by atoms with van der Waals surface area (Å²) in [6, 6.07) is 0.491. The summed E-state index contributed by atoms with van der Waals surface area (Å²) < 4.78 is 22.7. The van der Waals surface area contributed by atoms with Gasteiger partial charge in [0.15, 0.2) is 5.96 Å². The number of aliphatic imine (C=N–C) groups is 1. The fourth-order valence-corrected chi connectivity index (χ4v) is 4.11. The number of nitrogens with one attached hydrogen (secondary N) is 2. The zero-order valence-corrected chi connectivity index (χ0v) is 17.2. The van der Waals surface area contributed by atoms with Crippen molar-refractivity contribution in [1.82, 2.24) is 10.6 Å². The van der Waals surface area contributed by atoms with Crippen LogP contribution in [-0.4, -0.2) is 46.0 Å². The van der Waals surface area contributed by atoms with Gasteiger partial charge in [-0.1, -0.05) is 27.7 Å². The van der Waals surface area contributed by atoms with Crippen LogP contribution in [0, 0.1) is 17.3 Å². The lowest BCUT2D eigenvalue weighted by Gasteiger charge is -2.33. The molecule has 0 heterocycles. The van der Waals surface area contributed by atoms with Gasteiger partial charge in [0.1, 0.15) is 9.84 Å². The minimum absolute atomic E-state index is 0.0873. The monoisotopic (exact) mass is 359 g/mol. The van der Waals surface area contributed by atoms with Crippen molar-refractivity contribution in [2.45, 2.75) is 65.8 Å². The van der Waals surface area contributed by atoms with E-state index in [1.807, 2.05) is 0 Å². The molecule has 1 rings (SSSR count). The van der Waals surface area contributed by atoms with Gasteiger partial charge in [0, 0.05) is 25.9 Å². The van der Waals surface area contributed by atoms with E-state index in [0.29, 0.717) is 19.0 Å². The van der Waals surface area contributed by atoms with E-state index in [4.69, 9.17) is 0 Å². The molecule has 0 saturated heterocycles. The average Bonchev–Trinajstić information content (AvgIpc) is 2.49. The van der Waals surface area contributed by atoms with Gasteiger partial charge in [0.05, 0.1) is 5.75 Å². The molecule has 0 radical (unpaired) electrons. The molecule has 142 valence electrons. The van der Waals surface area contributed by atoms with E-state index in [1.54, 1.807) is 7.05 Å². The second-order valence-electron chi connectivity index (χ2n) is 8.47. The number of rotatable bonds is 7. The molecule has 5 nitrogen and oxygen atoms in total. The summed E-state index contributed by atoms with van der Waals surface area (Å²) in [6.07, 6.45) is 6.90. The maximum Gasteiger partial charge on any atom is 0.191 e. The molecular formula is C18H37N3O2S. The molecule has 1 aliphatic rings. The first-order chi connectivity index (χ1) is 11.0. The van der Waals surface area contributed by atoms with Crippen molar-refractivity contribution >= 4 is 15.8 Å². The third-order valence-corrected chi connectivity index (χ3v) is 6.11. The van der Waals surface area contributed by atoms with Crippen LogP contribution in [0.1, 0.15) is 59.8 Å². The predicted octanol–water partition coefficient (Wildman–Crippen LogP) is 2.83. The molecule has 0 amide bonds. The van der Waals surface area contributed by atoms with Crippen LogP contribution < -0.4 is 10.6 Å². The summed E-state index contributed by atoms with van der Waals surface area (Å²) in [5, 5.41) is 6.90. The fraction of sp³-hybridized carbons (Fsp3) is 0.944. The van der Waals surface area contributed by atoms with Crippen LogP contribution >= 0.6 is 0 Å². The summed E-state index contributed by atoms with van der Waals surface area (Å²) in [6.45, 7) is 9.52. The van der Waals surface area contributed by atoms with Crippen LogP contribution in [0.4, 0.5) is 0 Å². The van der Waals surface area contributed by atoms with Gasteiger partial charge in [0.2, 0.25) is 0 Å². The van der Waals surface area contributed by atoms with Crippen molar-refractivity contribution in [3.8, 4) is 0 Å². The van der Waals surface area contributed by atoms with E-state index in [-0.39, 0.29) is 11.2 Å². The molecule has 0 aromatic heterocycles. The van der Waals surface area contributed by atoms with E-state index in [1.165, 1.54) is 31.9 Å². The third-order valence-electron chi connectivity index (χ3n) is 5.16. The first-order valence-electron chi connectivity index (χ1n) is 9.17. The van der Waals surface area contributed by atoms with Crippen LogP contribution in [0.15, 0.2) is 4.99 Å². The highest BCUT2D eigenvalue weighted by Crippen LogP contribution is 2.29. The molecule has 6 heteroatoms. The Balaban J connectivity index is 2.40. The lowest BCUT2D eigenvalue weighted by Crippen LogP contribution is -2.47. The summed E-state index contributed by atoms with van der Waals surface area (Å²) in [7, 11) is -1.12. The Morgan fingerprint density at radius 1 is 1.21 bits per heavy atom. The standard InChI is InChI=1S/C18H37N3O2S/c1-14(2)15-7-9-16(10-8-15)21-17(19-5)20-13-18(3,4)11-12-24(6,22)23/h14-16H,7-13H2,1-6H3,(H2,19,20,21). The summed E-state index contributed by atoms with van der Waals surface area (Å²) in [4.78, 5) is 4.32. The fourth-order valence-electron chi connectivity index (χ4n) is 3.19. The summed E-state index contributed by atoms with van der Waals surface area (Å²) >= 11 is 0. The Morgan fingerprint density at radius 3 is 2.25 bits per heavy atom. The Bertz CT molecular complexity index is 504. The second-order valence-corrected chi connectivity index (χ2v) is 10.7. The highest BCUT2D eigenvalue weighted by molar-refractivity contribution is 7.90. The maximum absolute atomic E-state index is 11.4. The van der Waals surface area contributed by atoms with E-state index in [9.17, 15) is 8.42 Å². The van der Waals surface area contributed by atoms with E-state index >= 15 is 0 Å². The lowest BCUT2D eigenvalue weighted by molar-refractivity contribution is 0.249. The van der Waals surface area contributed by atoms with Gasteiger partial charge in [-0.05, 0) is 49.4 Å². The number of hydrogen-bond acceptors (Lipinski definition) is 3. The minimum Gasteiger partial charge on any atom is -0.356 e. The highest BCUT2D eigenvalue weighted by atomic mass is 32.2. The molecule has 0 unspecified atom stereocenters. The number of sulfone groups is 1. The first kappa shape index (κ1) is 21.3. The van der Waals surface area contributed by atoms with E-state index in [2.05, 4.69) is 43.3 Å². The average molecular weight is 360 g/mol. The SMILES string of the molecule is CN=C(NCC(C)(C)CCS(C)(=O)=O)NC1CCC(C(C)C)CC1. The Labute approximate surface area is 149 Å². The topological polar surface area (TPSA) is 70.6 Å². The summed E-state index contributed by atoms with van der Waals surface area (Å²) in [5.74, 6) is 2.69. The van der Waals surface area contributed by atoms with Gasteiger partial charge in [-0.2, -0.15) is 0 Å². The van der Waals surface area contributed by atoms with Gasteiger partial charge in [0.25, 0.3) is 0 Å². The molecule has 24 heavy (non-hydrogen) atoms. The Morgan fingerprint density at radius 2 is 1.79 bits per heavy atom. The Hall–Kier alpha value is -0.780. The largest absolute Gasteiger partial charge is 0.356 e. The molecular weight excluding hydrogens is 322 g/mol. The molecule has 0 aromatic carbocycles. The number of hydrogen-bond donors (Lipinski definition) is 2. The van der Waals surface area contributed by atoms with E-state index < -0.39 is 9.84 Å². The molecule has 1 fully saturated rings. The normalized spacial score (nSPS) is 23.4. The molecule has 0 aromatic rings. The van der Waals surface area contributed by atoms with Crippen LogP contribution in [0.2, 0.25) is 0 Å².